The van der Waals surface area contributed by atoms with Crippen molar-refractivity contribution < 1.29 is 39.0 Å². The van der Waals surface area contributed by atoms with Gasteiger partial charge in [0.15, 0.2) is 0 Å². The van der Waals surface area contributed by atoms with E-state index in [1.54, 1.807) is 0 Å². The van der Waals surface area contributed by atoms with Gasteiger partial charge in [-0.25, -0.2) is 4.79 Å². The van der Waals surface area contributed by atoms with Gasteiger partial charge in [-0.3, -0.25) is 24.0 Å². The van der Waals surface area contributed by atoms with Crippen molar-refractivity contribution >= 4 is 35.5 Å². The molecule has 0 aromatic rings. The number of amides is 5. The molecular formula is C18H33N7O8. The molecule has 0 aliphatic rings. The highest BCUT2D eigenvalue weighted by Gasteiger charge is 2.30. The molecule has 0 aliphatic heterocycles. The Balaban J connectivity index is 5.26. The number of carbonyl (C=O) groups is 6. The number of aliphatic hydroxyl groups is 1. The van der Waals surface area contributed by atoms with Gasteiger partial charge >= 0.3 is 5.97 Å². The number of carbonyl (C=O) groups excluding carboxylic acids is 5. The highest BCUT2D eigenvalue weighted by molar-refractivity contribution is 5.95. The van der Waals surface area contributed by atoms with Crippen molar-refractivity contribution in [3.05, 3.63) is 0 Å². The Morgan fingerprint density at radius 1 is 0.758 bits per heavy atom. The smallest absolute Gasteiger partial charge is 0.326 e. The van der Waals surface area contributed by atoms with E-state index in [0.717, 1.165) is 0 Å². The maximum Gasteiger partial charge on any atom is 0.326 e. The number of aliphatic hydroxyl groups excluding tert-OH is 1. The van der Waals surface area contributed by atoms with Crippen molar-refractivity contribution in [3.8, 4) is 0 Å². The van der Waals surface area contributed by atoms with Crippen molar-refractivity contribution in [3.63, 3.8) is 0 Å². The van der Waals surface area contributed by atoms with E-state index >= 15 is 0 Å². The average molecular weight is 476 g/mol. The van der Waals surface area contributed by atoms with E-state index in [1.807, 2.05) is 0 Å². The lowest BCUT2D eigenvalue weighted by Gasteiger charge is -2.24. The number of unbranched alkanes of at least 4 members (excludes halogenated alkanes) is 1. The number of hydrogen-bond acceptors (Lipinski definition) is 9. The van der Waals surface area contributed by atoms with Crippen LogP contribution in [0.15, 0.2) is 0 Å². The van der Waals surface area contributed by atoms with Gasteiger partial charge in [-0.2, -0.15) is 0 Å². The van der Waals surface area contributed by atoms with Crippen LogP contribution in [0.3, 0.4) is 0 Å². The lowest BCUT2D eigenvalue weighted by atomic mass is 10.1. The molecule has 15 heteroatoms. The van der Waals surface area contributed by atoms with Gasteiger partial charge in [-0.1, -0.05) is 0 Å². The Morgan fingerprint density at radius 3 is 1.79 bits per heavy atom. The van der Waals surface area contributed by atoms with Crippen molar-refractivity contribution in [1.29, 1.82) is 0 Å². The molecule has 0 aliphatic carbocycles. The molecule has 0 fully saturated rings. The molecule has 0 aromatic heterocycles. The van der Waals surface area contributed by atoms with Gasteiger partial charge in [0.25, 0.3) is 0 Å². The van der Waals surface area contributed by atoms with E-state index in [9.17, 15) is 39.0 Å². The zero-order valence-electron chi connectivity index (χ0n) is 18.1. The van der Waals surface area contributed by atoms with Crippen molar-refractivity contribution in [2.45, 2.75) is 62.7 Å². The number of nitrogens with one attached hydrogen (secondary N) is 3. The van der Waals surface area contributed by atoms with Gasteiger partial charge in [0.05, 0.1) is 19.1 Å². The van der Waals surface area contributed by atoms with E-state index in [-0.39, 0.29) is 19.3 Å². The summed E-state index contributed by atoms with van der Waals surface area (Å²) in [7, 11) is 0. The molecule has 0 spiro atoms. The van der Waals surface area contributed by atoms with Crippen molar-refractivity contribution in [2.75, 3.05) is 13.2 Å². The lowest BCUT2D eigenvalue weighted by Crippen LogP contribution is -2.58. The molecule has 0 aromatic carbocycles. The van der Waals surface area contributed by atoms with Gasteiger partial charge in [0.2, 0.25) is 29.5 Å². The van der Waals surface area contributed by atoms with Gasteiger partial charge in [-0.15, -0.1) is 0 Å². The van der Waals surface area contributed by atoms with Crippen LogP contribution >= 0.6 is 0 Å². The molecule has 0 saturated heterocycles. The van der Waals surface area contributed by atoms with Gasteiger partial charge in [0, 0.05) is 6.42 Å². The summed E-state index contributed by atoms with van der Waals surface area (Å²) in [5.41, 5.74) is 20.9. The SMILES string of the molecule is NCCCCC(NC(=O)C(CO)NC(=O)C(CCC(N)=O)NC(=O)C(N)CC(N)=O)C(=O)O. The molecule has 13 N–H and O–H groups in total. The van der Waals surface area contributed by atoms with E-state index < -0.39 is 72.7 Å². The number of primary amides is 2. The summed E-state index contributed by atoms with van der Waals surface area (Å²) in [5, 5.41) is 25.4. The summed E-state index contributed by atoms with van der Waals surface area (Å²) >= 11 is 0. The van der Waals surface area contributed by atoms with Crippen LogP contribution in [-0.2, 0) is 28.8 Å². The van der Waals surface area contributed by atoms with E-state index in [2.05, 4.69) is 16.0 Å². The third-order valence-electron chi connectivity index (χ3n) is 4.45. The fraction of sp³-hybridized carbons (Fsp3) is 0.667. The number of carboxylic acids is 1. The first-order chi connectivity index (χ1) is 15.4. The molecule has 188 valence electrons. The van der Waals surface area contributed by atoms with Crippen molar-refractivity contribution in [1.82, 2.24) is 16.0 Å². The summed E-state index contributed by atoms with van der Waals surface area (Å²) in [6, 6.07) is -5.59. The molecule has 0 bridgehead atoms. The minimum Gasteiger partial charge on any atom is -0.480 e. The molecule has 33 heavy (non-hydrogen) atoms. The summed E-state index contributed by atoms with van der Waals surface area (Å²) < 4.78 is 0. The zero-order valence-corrected chi connectivity index (χ0v) is 18.1. The topological polar surface area (TPSA) is 283 Å². The Hall–Kier alpha value is -3.30. The molecule has 4 atom stereocenters. The van der Waals surface area contributed by atoms with Gasteiger partial charge < -0.3 is 49.1 Å². The summed E-state index contributed by atoms with van der Waals surface area (Å²) in [5.74, 6) is -5.81. The largest absolute Gasteiger partial charge is 0.480 e. The Labute approximate surface area is 190 Å². The van der Waals surface area contributed by atoms with Crippen LogP contribution in [0.4, 0.5) is 0 Å². The number of carboxylic acid groups (broad SMARTS) is 1. The fourth-order valence-corrected chi connectivity index (χ4v) is 2.63. The van der Waals surface area contributed by atoms with Crippen LogP contribution in [0.25, 0.3) is 0 Å². The Morgan fingerprint density at radius 2 is 1.30 bits per heavy atom. The van der Waals surface area contributed by atoms with Crippen LogP contribution in [-0.4, -0.2) is 83.0 Å². The molecule has 0 radical (unpaired) electrons. The molecule has 15 nitrogen and oxygen atoms in total. The second-order valence-electron chi connectivity index (χ2n) is 7.27. The van der Waals surface area contributed by atoms with Crippen LogP contribution < -0.4 is 38.9 Å². The van der Waals surface area contributed by atoms with Gasteiger partial charge in [0.1, 0.15) is 18.1 Å². The monoisotopic (exact) mass is 475 g/mol. The molecular weight excluding hydrogens is 442 g/mol. The molecule has 0 rings (SSSR count). The second kappa shape index (κ2) is 15.5. The third-order valence-corrected chi connectivity index (χ3v) is 4.45. The zero-order chi connectivity index (χ0) is 25.6. The maximum absolute atomic E-state index is 12.6. The molecule has 0 saturated carbocycles. The standard InChI is InChI=1S/C18H33N7O8/c19-6-2-1-3-11(18(32)33)24-17(31)12(8-26)25-16(30)10(4-5-13(21)27)23-15(29)9(20)7-14(22)28/h9-12,26H,1-8,19-20H2,(H2,21,27)(H2,22,28)(H,23,29)(H,24,31)(H,25,30)(H,32,33). The minimum atomic E-state index is -1.55. The first-order valence-corrected chi connectivity index (χ1v) is 10.2. The second-order valence-corrected chi connectivity index (χ2v) is 7.27. The molecule has 5 amide bonds. The summed E-state index contributed by atoms with van der Waals surface area (Å²) in [6.45, 7) is -0.540. The quantitative estimate of drug-likeness (QED) is 0.0903. The predicted molar refractivity (Wildman–Crippen MR) is 114 cm³/mol. The fourth-order valence-electron chi connectivity index (χ4n) is 2.63. The highest BCUT2D eigenvalue weighted by atomic mass is 16.4. The van der Waals surface area contributed by atoms with E-state index in [1.165, 1.54) is 0 Å². The minimum absolute atomic E-state index is 0.0828. The first-order valence-electron chi connectivity index (χ1n) is 10.2. The number of hydrogen-bond donors (Lipinski definition) is 9. The number of rotatable bonds is 17. The van der Waals surface area contributed by atoms with Crippen LogP contribution in [0.1, 0.15) is 38.5 Å². The van der Waals surface area contributed by atoms with E-state index in [4.69, 9.17) is 22.9 Å². The Kier molecular flexibility index (Phi) is 13.9. The normalized spacial score (nSPS) is 14.3. The number of nitrogens with two attached hydrogens (primary N) is 4. The van der Waals surface area contributed by atoms with Crippen LogP contribution in [0.2, 0.25) is 0 Å². The van der Waals surface area contributed by atoms with E-state index in [0.29, 0.717) is 19.4 Å². The average Bonchev–Trinajstić information content (AvgIpc) is 2.72. The summed E-state index contributed by atoms with van der Waals surface area (Å²) in [6.07, 6.45) is -0.0398. The van der Waals surface area contributed by atoms with Crippen molar-refractivity contribution in [2.24, 2.45) is 22.9 Å². The third kappa shape index (κ3) is 12.4. The number of aliphatic carboxylic acids is 1. The lowest BCUT2D eigenvalue weighted by molar-refractivity contribution is -0.142. The summed E-state index contributed by atoms with van der Waals surface area (Å²) in [4.78, 5) is 70.5. The van der Waals surface area contributed by atoms with Gasteiger partial charge in [-0.05, 0) is 32.2 Å². The van der Waals surface area contributed by atoms with Crippen LogP contribution in [0, 0.1) is 0 Å². The highest BCUT2D eigenvalue weighted by Crippen LogP contribution is 2.03. The first kappa shape index (κ1) is 29.7. The maximum atomic E-state index is 12.6. The molecule has 0 heterocycles. The molecule has 4 unspecified atom stereocenters. The predicted octanol–water partition coefficient (Wildman–Crippen LogP) is -4.89. The van der Waals surface area contributed by atoms with Crippen LogP contribution in [0.5, 0.6) is 0 Å². The Bertz CT molecular complexity index is 718.